The number of nitro groups is 1. The second kappa shape index (κ2) is 7.99. The minimum atomic E-state index is -1.16. The summed E-state index contributed by atoms with van der Waals surface area (Å²) >= 11 is 1.43. The van der Waals surface area contributed by atoms with Crippen molar-refractivity contribution in [1.82, 2.24) is 15.1 Å². The third-order valence-corrected chi connectivity index (χ3v) is 6.41. The van der Waals surface area contributed by atoms with Gasteiger partial charge in [0.15, 0.2) is 0 Å². The van der Waals surface area contributed by atoms with Crippen LogP contribution in [-0.4, -0.2) is 65.3 Å². The van der Waals surface area contributed by atoms with Gasteiger partial charge in [0.1, 0.15) is 12.1 Å². The van der Waals surface area contributed by atoms with E-state index in [1.807, 2.05) is 10.3 Å². The number of carbonyl (C=O) groups is 3. The number of hydrogen-bond acceptors (Lipinski definition) is 7. The molecule has 162 valence electrons. The molecule has 31 heavy (non-hydrogen) atoms. The number of nitrogens with one attached hydrogen (secondary N) is 1. The molecule has 1 aromatic heterocycles. The molecule has 0 bridgehead atoms. The zero-order chi connectivity index (χ0) is 22.2. The summed E-state index contributed by atoms with van der Waals surface area (Å²) in [7, 11) is 0. The normalized spacial score (nSPS) is 21.4. The number of urea groups is 1. The molecule has 1 atom stereocenters. The molecule has 2 aliphatic heterocycles. The molecule has 1 aromatic carbocycles. The Morgan fingerprint density at radius 3 is 2.42 bits per heavy atom. The van der Waals surface area contributed by atoms with Gasteiger partial charge in [0.25, 0.3) is 11.6 Å². The number of hydrogen-bond donors (Lipinski definition) is 1. The van der Waals surface area contributed by atoms with Crippen LogP contribution in [0.1, 0.15) is 12.5 Å². The minimum Gasteiger partial charge on any atom is -0.368 e. The lowest BCUT2D eigenvalue weighted by Gasteiger charge is -2.36. The van der Waals surface area contributed by atoms with E-state index in [4.69, 9.17) is 0 Å². The number of carbonyl (C=O) groups excluding carboxylic acids is 3. The summed E-state index contributed by atoms with van der Waals surface area (Å²) in [5.74, 6) is -0.727. The van der Waals surface area contributed by atoms with E-state index in [0.29, 0.717) is 31.7 Å². The number of nitro benzene ring substituents is 1. The van der Waals surface area contributed by atoms with Crippen LogP contribution >= 0.6 is 11.3 Å². The van der Waals surface area contributed by atoms with Crippen LogP contribution in [0, 0.1) is 10.1 Å². The second-order valence-electron chi connectivity index (χ2n) is 7.60. The second-order valence-corrected chi connectivity index (χ2v) is 8.38. The predicted octanol–water partition coefficient (Wildman–Crippen LogP) is 1.77. The van der Waals surface area contributed by atoms with Crippen molar-refractivity contribution in [3.8, 4) is 0 Å². The molecule has 0 aliphatic carbocycles. The van der Waals surface area contributed by atoms with Gasteiger partial charge < -0.3 is 15.1 Å². The molecule has 11 heteroatoms. The van der Waals surface area contributed by atoms with Gasteiger partial charge in [-0.3, -0.25) is 24.6 Å². The molecule has 2 fully saturated rings. The van der Waals surface area contributed by atoms with Crippen LogP contribution in [0.2, 0.25) is 0 Å². The summed E-state index contributed by atoms with van der Waals surface area (Å²) in [6, 6.07) is 7.49. The van der Waals surface area contributed by atoms with Gasteiger partial charge in [-0.15, -0.1) is 0 Å². The first-order valence-corrected chi connectivity index (χ1v) is 10.7. The van der Waals surface area contributed by atoms with Crippen molar-refractivity contribution < 1.29 is 19.3 Å². The molecular weight excluding hydrogens is 422 g/mol. The first-order chi connectivity index (χ1) is 14.8. The topological polar surface area (TPSA) is 116 Å². The van der Waals surface area contributed by atoms with Crippen molar-refractivity contribution in [2.45, 2.75) is 12.5 Å². The largest absolute Gasteiger partial charge is 0.368 e. The van der Waals surface area contributed by atoms with Crippen LogP contribution in [0.25, 0.3) is 0 Å². The first-order valence-electron chi connectivity index (χ1n) is 9.73. The van der Waals surface area contributed by atoms with Gasteiger partial charge in [-0.25, -0.2) is 4.79 Å². The van der Waals surface area contributed by atoms with Gasteiger partial charge in [0, 0.05) is 44.0 Å². The van der Waals surface area contributed by atoms with Crippen LogP contribution in [0.5, 0.6) is 0 Å². The van der Waals surface area contributed by atoms with Gasteiger partial charge in [0.2, 0.25) is 5.91 Å². The van der Waals surface area contributed by atoms with Crippen molar-refractivity contribution >= 4 is 40.6 Å². The first kappa shape index (κ1) is 20.8. The number of benzene rings is 1. The molecule has 0 saturated carbocycles. The SMILES string of the molecule is CC1(c2ccsc2)NC(=O)N(CC(=O)N2CCN(c3ccc([N+](=O)[O-])cc3)CC2)C1=O. The highest BCUT2D eigenvalue weighted by Crippen LogP contribution is 2.30. The van der Waals surface area contributed by atoms with E-state index in [2.05, 4.69) is 5.32 Å². The highest BCUT2D eigenvalue weighted by molar-refractivity contribution is 7.08. The lowest BCUT2D eigenvalue weighted by molar-refractivity contribution is -0.384. The molecule has 10 nitrogen and oxygen atoms in total. The Morgan fingerprint density at radius 2 is 1.84 bits per heavy atom. The van der Waals surface area contributed by atoms with Crippen LogP contribution in [0.4, 0.5) is 16.2 Å². The van der Waals surface area contributed by atoms with Crippen molar-refractivity contribution in [2.75, 3.05) is 37.6 Å². The molecule has 0 radical (unpaired) electrons. The lowest BCUT2D eigenvalue weighted by Crippen LogP contribution is -2.52. The number of amides is 4. The van der Waals surface area contributed by atoms with Gasteiger partial charge in [-0.05, 0) is 41.4 Å². The lowest BCUT2D eigenvalue weighted by atomic mass is 9.95. The Morgan fingerprint density at radius 1 is 1.16 bits per heavy atom. The van der Waals surface area contributed by atoms with E-state index in [1.165, 1.54) is 23.5 Å². The number of anilines is 1. The molecule has 2 aliphatic rings. The highest BCUT2D eigenvalue weighted by atomic mass is 32.1. The van der Waals surface area contributed by atoms with E-state index in [-0.39, 0.29) is 18.1 Å². The maximum Gasteiger partial charge on any atom is 0.325 e. The van der Waals surface area contributed by atoms with Gasteiger partial charge >= 0.3 is 6.03 Å². The van der Waals surface area contributed by atoms with E-state index < -0.39 is 22.4 Å². The van der Waals surface area contributed by atoms with E-state index in [1.54, 1.807) is 35.4 Å². The van der Waals surface area contributed by atoms with E-state index in [9.17, 15) is 24.5 Å². The molecule has 2 aromatic rings. The van der Waals surface area contributed by atoms with Crippen molar-refractivity contribution in [2.24, 2.45) is 0 Å². The maximum atomic E-state index is 12.9. The summed E-state index contributed by atoms with van der Waals surface area (Å²) in [5.41, 5.74) is 0.410. The Hall–Kier alpha value is -3.47. The number of non-ortho nitro benzene ring substituents is 1. The van der Waals surface area contributed by atoms with Crippen LogP contribution in [0.3, 0.4) is 0 Å². The molecule has 1 unspecified atom stereocenters. The fourth-order valence-corrected chi connectivity index (χ4v) is 4.58. The number of rotatable bonds is 5. The zero-order valence-corrected chi connectivity index (χ0v) is 17.6. The summed E-state index contributed by atoms with van der Waals surface area (Å²) in [6.07, 6.45) is 0. The molecule has 2 saturated heterocycles. The van der Waals surface area contributed by atoms with Gasteiger partial charge in [-0.2, -0.15) is 11.3 Å². The molecular formula is C20H21N5O5S. The van der Waals surface area contributed by atoms with Crippen molar-refractivity contribution in [3.05, 3.63) is 56.8 Å². The summed E-state index contributed by atoms with van der Waals surface area (Å²) in [6.45, 7) is 3.31. The molecule has 0 spiro atoms. The van der Waals surface area contributed by atoms with Crippen LogP contribution in [0.15, 0.2) is 41.1 Å². The third kappa shape index (κ3) is 3.83. The quantitative estimate of drug-likeness (QED) is 0.428. The predicted molar refractivity (Wildman–Crippen MR) is 114 cm³/mol. The summed E-state index contributed by atoms with van der Waals surface area (Å²) in [4.78, 5) is 53.0. The number of imide groups is 1. The van der Waals surface area contributed by atoms with Gasteiger partial charge in [-0.1, -0.05) is 0 Å². The molecule has 4 amide bonds. The van der Waals surface area contributed by atoms with Gasteiger partial charge in [0.05, 0.1) is 4.92 Å². The fraction of sp³-hybridized carbons (Fsp3) is 0.350. The van der Waals surface area contributed by atoms with Crippen molar-refractivity contribution in [3.63, 3.8) is 0 Å². The Kier molecular flexibility index (Phi) is 5.36. The van der Waals surface area contributed by atoms with Crippen LogP contribution < -0.4 is 10.2 Å². The standard InChI is InChI=1S/C20H21N5O5S/c1-20(14-6-11-31-13-14)18(27)24(19(28)21-20)12-17(26)23-9-7-22(8-10-23)15-2-4-16(5-3-15)25(29)30/h2-6,11,13H,7-10,12H2,1H3,(H,21,28). The van der Waals surface area contributed by atoms with Crippen LogP contribution in [-0.2, 0) is 15.1 Å². The number of piperazine rings is 1. The molecule has 4 rings (SSSR count). The number of nitrogens with zero attached hydrogens (tertiary/aromatic N) is 4. The monoisotopic (exact) mass is 443 g/mol. The molecule has 3 heterocycles. The minimum absolute atomic E-state index is 0.0283. The average Bonchev–Trinajstić information content (AvgIpc) is 3.38. The zero-order valence-electron chi connectivity index (χ0n) is 16.8. The Labute approximate surface area is 182 Å². The fourth-order valence-electron chi connectivity index (χ4n) is 3.82. The maximum absolute atomic E-state index is 12.9. The average molecular weight is 443 g/mol. The van der Waals surface area contributed by atoms with Crippen molar-refractivity contribution in [1.29, 1.82) is 0 Å². The smallest absolute Gasteiger partial charge is 0.325 e. The van der Waals surface area contributed by atoms with E-state index >= 15 is 0 Å². The Balaban J connectivity index is 1.35. The number of thiophene rings is 1. The highest BCUT2D eigenvalue weighted by Gasteiger charge is 2.50. The molecule has 1 N–H and O–H groups in total. The third-order valence-electron chi connectivity index (χ3n) is 5.72. The Bertz CT molecular complexity index is 1020. The van der Waals surface area contributed by atoms with E-state index in [0.717, 1.165) is 10.6 Å². The summed E-state index contributed by atoms with van der Waals surface area (Å²) < 4.78 is 0. The summed E-state index contributed by atoms with van der Waals surface area (Å²) in [5, 5.41) is 17.1.